The van der Waals surface area contributed by atoms with Gasteiger partial charge in [0.25, 0.3) is 0 Å². The number of rotatable bonds is 4. The van der Waals surface area contributed by atoms with Gasteiger partial charge in [0.2, 0.25) is 0 Å². The first-order valence-corrected chi connectivity index (χ1v) is 4.44. The monoisotopic (exact) mass is 167 g/mol. The number of nitrogens with one attached hydrogen (secondary N) is 1. The van der Waals surface area contributed by atoms with Crippen LogP contribution in [0.1, 0.15) is 26.3 Å². The minimum Gasteiger partial charge on any atom is -0.333 e. The Morgan fingerprint density at radius 1 is 1.58 bits per heavy atom. The maximum Gasteiger partial charge on any atom is 0.0948 e. The first-order chi connectivity index (χ1) is 5.79. The molecule has 1 rings (SSSR count). The third-order valence-corrected chi connectivity index (χ3v) is 2.39. The van der Waals surface area contributed by atoms with E-state index in [1.807, 2.05) is 25.8 Å². The molecule has 0 aliphatic heterocycles. The first kappa shape index (κ1) is 9.26. The quantitative estimate of drug-likeness (QED) is 0.735. The molecular weight excluding hydrogens is 150 g/mol. The first-order valence-electron chi connectivity index (χ1n) is 4.44. The highest BCUT2D eigenvalue weighted by atomic mass is 15.1. The van der Waals surface area contributed by atoms with Crippen LogP contribution in [0.15, 0.2) is 18.7 Å². The molecule has 0 aliphatic carbocycles. The normalized spacial score (nSPS) is 15.9. The van der Waals surface area contributed by atoms with Crippen molar-refractivity contribution in [1.29, 1.82) is 0 Å². The van der Waals surface area contributed by atoms with Crippen molar-refractivity contribution < 1.29 is 0 Å². The molecular formula is C9H17N3. The zero-order valence-corrected chi connectivity index (χ0v) is 7.99. The highest BCUT2D eigenvalue weighted by Gasteiger charge is 2.13. The third kappa shape index (κ3) is 1.85. The van der Waals surface area contributed by atoms with Crippen molar-refractivity contribution in [3.8, 4) is 0 Å². The molecule has 3 heteroatoms. The lowest BCUT2D eigenvalue weighted by molar-refractivity contribution is 0.381. The topological polar surface area (TPSA) is 29.9 Å². The van der Waals surface area contributed by atoms with Gasteiger partial charge in [0.15, 0.2) is 0 Å². The van der Waals surface area contributed by atoms with Gasteiger partial charge in [-0.3, -0.25) is 0 Å². The summed E-state index contributed by atoms with van der Waals surface area (Å²) < 4.78 is 2.13. The summed E-state index contributed by atoms with van der Waals surface area (Å²) in [7, 11) is 2.00. The third-order valence-electron chi connectivity index (χ3n) is 2.39. The molecule has 3 nitrogen and oxygen atoms in total. The van der Waals surface area contributed by atoms with Crippen molar-refractivity contribution in [3.63, 3.8) is 0 Å². The van der Waals surface area contributed by atoms with Crippen LogP contribution in [0.4, 0.5) is 0 Å². The molecule has 1 aromatic heterocycles. The molecule has 0 bridgehead atoms. The zero-order chi connectivity index (χ0) is 8.97. The highest BCUT2D eigenvalue weighted by molar-refractivity contribution is 4.83. The Hall–Kier alpha value is -0.830. The lowest BCUT2D eigenvalue weighted by atomic mass is 10.1. The van der Waals surface area contributed by atoms with Crippen LogP contribution in [0.5, 0.6) is 0 Å². The van der Waals surface area contributed by atoms with Crippen molar-refractivity contribution >= 4 is 0 Å². The zero-order valence-electron chi connectivity index (χ0n) is 7.99. The predicted molar refractivity (Wildman–Crippen MR) is 50.1 cm³/mol. The summed E-state index contributed by atoms with van der Waals surface area (Å²) in [5.41, 5.74) is 0. The van der Waals surface area contributed by atoms with Crippen molar-refractivity contribution in [2.45, 2.75) is 32.4 Å². The summed E-state index contributed by atoms with van der Waals surface area (Å²) in [6.45, 7) is 4.39. The molecule has 0 radical (unpaired) electrons. The summed E-state index contributed by atoms with van der Waals surface area (Å²) in [5, 5.41) is 3.29. The van der Waals surface area contributed by atoms with Gasteiger partial charge >= 0.3 is 0 Å². The van der Waals surface area contributed by atoms with Crippen LogP contribution in [0.2, 0.25) is 0 Å². The second-order valence-electron chi connectivity index (χ2n) is 3.05. The molecule has 0 spiro atoms. The average molecular weight is 167 g/mol. The fraction of sp³-hybridized carbons (Fsp3) is 0.667. The Labute approximate surface area is 73.8 Å². The minimum atomic E-state index is 0.475. The maximum atomic E-state index is 4.03. The fourth-order valence-electron chi connectivity index (χ4n) is 1.50. The van der Waals surface area contributed by atoms with Crippen molar-refractivity contribution in [3.05, 3.63) is 18.7 Å². The molecule has 0 saturated carbocycles. The van der Waals surface area contributed by atoms with Gasteiger partial charge in [0, 0.05) is 24.5 Å². The van der Waals surface area contributed by atoms with Gasteiger partial charge in [0.1, 0.15) is 0 Å². The standard InChI is InChI=1S/C9H17N3/c1-4-9(10-3)8(2)12-6-5-11-7-12/h5-10H,4H2,1-3H3. The molecule has 0 aliphatic rings. The SMILES string of the molecule is CCC(NC)C(C)n1ccnc1. The number of nitrogens with zero attached hydrogens (tertiary/aromatic N) is 2. The van der Waals surface area contributed by atoms with Crippen LogP contribution in [0.25, 0.3) is 0 Å². The predicted octanol–water partition coefficient (Wildman–Crippen LogP) is 1.44. The summed E-state index contributed by atoms with van der Waals surface area (Å²) in [4.78, 5) is 4.03. The molecule has 1 N–H and O–H groups in total. The molecule has 12 heavy (non-hydrogen) atoms. The van der Waals surface area contributed by atoms with E-state index in [1.54, 1.807) is 0 Å². The van der Waals surface area contributed by atoms with Crippen LogP contribution in [-0.4, -0.2) is 22.6 Å². The van der Waals surface area contributed by atoms with E-state index in [-0.39, 0.29) is 0 Å². The van der Waals surface area contributed by atoms with Crippen LogP contribution in [0.3, 0.4) is 0 Å². The molecule has 0 aromatic carbocycles. The average Bonchev–Trinajstić information content (AvgIpc) is 2.58. The van der Waals surface area contributed by atoms with E-state index >= 15 is 0 Å². The van der Waals surface area contributed by atoms with E-state index < -0.39 is 0 Å². The van der Waals surface area contributed by atoms with E-state index in [4.69, 9.17) is 0 Å². The van der Waals surface area contributed by atoms with Gasteiger partial charge in [-0.25, -0.2) is 4.98 Å². The number of likely N-dealkylation sites (N-methyl/N-ethyl adjacent to an activating group) is 1. The smallest absolute Gasteiger partial charge is 0.0948 e. The van der Waals surface area contributed by atoms with Gasteiger partial charge in [-0.05, 0) is 20.4 Å². The molecule has 1 heterocycles. The minimum absolute atomic E-state index is 0.475. The van der Waals surface area contributed by atoms with Crippen molar-refractivity contribution in [2.24, 2.45) is 0 Å². The molecule has 0 amide bonds. The van der Waals surface area contributed by atoms with Crippen LogP contribution in [-0.2, 0) is 0 Å². The molecule has 0 fully saturated rings. The Morgan fingerprint density at radius 2 is 2.33 bits per heavy atom. The van der Waals surface area contributed by atoms with Gasteiger partial charge in [-0.15, -0.1) is 0 Å². The second kappa shape index (κ2) is 4.26. The number of aromatic nitrogens is 2. The Balaban J connectivity index is 2.63. The van der Waals surface area contributed by atoms with Crippen LogP contribution in [0, 0.1) is 0 Å². The van der Waals surface area contributed by atoms with Crippen molar-refractivity contribution in [1.82, 2.24) is 14.9 Å². The Morgan fingerprint density at radius 3 is 2.75 bits per heavy atom. The summed E-state index contributed by atoms with van der Waals surface area (Å²) >= 11 is 0. The number of hydrogen-bond acceptors (Lipinski definition) is 2. The van der Waals surface area contributed by atoms with E-state index in [1.165, 1.54) is 0 Å². The fourth-order valence-corrected chi connectivity index (χ4v) is 1.50. The maximum absolute atomic E-state index is 4.03. The Kier molecular flexibility index (Phi) is 3.29. The molecule has 1 aromatic rings. The number of hydrogen-bond donors (Lipinski definition) is 1. The molecule has 0 saturated heterocycles. The van der Waals surface area contributed by atoms with Gasteiger partial charge in [-0.1, -0.05) is 6.92 Å². The summed E-state index contributed by atoms with van der Waals surface area (Å²) in [5.74, 6) is 0. The van der Waals surface area contributed by atoms with Crippen LogP contribution >= 0.6 is 0 Å². The van der Waals surface area contributed by atoms with E-state index in [0.717, 1.165) is 6.42 Å². The van der Waals surface area contributed by atoms with Gasteiger partial charge in [0.05, 0.1) is 6.33 Å². The lowest BCUT2D eigenvalue weighted by Gasteiger charge is -2.23. The molecule has 2 atom stereocenters. The second-order valence-corrected chi connectivity index (χ2v) is 3.05. The molecule has 2 unspecified atom stereocenters. The lowest BCUT2D eigenvalue weighted by Crippen LogP contribution is -2.32. The largest absolute Gasteiger partial charge is 0.333 e. The van der Waals surface area contributed by atoms with E-state index in [2.05, 4.69) is 28.7 Å². The van der Waals surface area contributed by atoms with E-state index in [0.29, 0.717) is 12.1 Å². The summed E-state index contributed by atoms with van der Waals surface area (Å²) in [6.07, 6.45) is 6.82. The van der Waals surface area contributed by atoms with Gasteiger partial charge < -0.3 is 9.88 Å². The highest BCUT2D eigenvalue weighted by Crippen LogP contribution is 2.12. The Bertz CT molecular complexity index is 202. The van der Waals surface area contributed by atoms with Crippen LogP contribution < -0.4 is 5.32 Å². The van der Waals surface area contributed by atoms with Crippen molar-refractivity contribution in [2.75, 3.05) is 7.05 Å². The summed E-state index contributed by atoms with van der Waals surface area (Å²) in [6, 6.07) is 1.00. The van der Waals surface area contributed by atoms with E-state index in [9.17, 15) is 0 Å². The number of imidazole rings is 1. The molecule has 68 valence electrons. The van der Waals surface area contributed by atoms with Gasteiger partial charge in [-0.2, -0.15) is 0 Å².